The Balaban J connectivity index is 1.58. The van der Waals surface area contributed by atoms with Gasteiger partial charge in [-0.1, -0.05) is 12.1 Å². The van der Waals surface area contributed by atoms with Crippen LogP contribution >= 0.6 is 0 Å². The highest BCUT2D eigenvalue weighted by Crippen LogP contribution is 2.35. The van der Waals surface area contributed by atoms with E-state index in [4.69, 9.17) is 19.4 Å². The molecule has 2 aromatic rings. The van der Waals surface area contributed by atoms with Crippen LogP contribution in [0.4, 0.5) is 4.39 Å². The maximum atomic E-state index is 13.2. The summed E-state index contributed by atoms with van der Waals surface area (Å²) >= 11 is 0. The lowest BCUT2D eigenvalue weighted by Crippen LogP contribution is -2.54. The first-order valence-electron chi connectivity index (χ1n) is 9.71. The van der Waals surface area contributed by atoms with Crippen molar-refractivity contribution in [3.8, 4) is 5.75 Å². The molecule has 0 bridgehead atoms. The van der Waals surface area contributed by atoms with Crippen molar-refractivity contribution in [2.24, 2.45) is 0 Å². The van der Waals surface area contributed by atoms with E-state index in [-0.39, 0.29) is 56.6 Å². The summed E-state index contributed by atoms with van der Waals surface area (Å²) in [4.78, 5) is 12.2. The summed E-state index contributed by atoms with van der Waals surface area (Å²) in [6, 6.07) is 11.8. The third-order valence-corrected chi connectivity index (χ3v) is 7.63. The number of hydrogen-bond acceptors (Lipinski definition) is 7. The van der Waals surface area contributed by atoms with Crippen molar-refractivity contribution < 1.29 is 37.0 Å². The molecule has 0 atom stereocenters. The minimum absolute atomic E-state index is 0.0484. The van der Waals surface area contributed by atoms with Crippen molar-refractivity contribution in [3.05, 3.63) is 59.9 Å². The number of hydroxylamine groups is 1. The summed E-state index contributed by atoms with van der Waals surface area (Å²) in [5.74, 6) is -0.862. The molecule has 3 rings (SSSR count). The molecule has 10 heteroatoms. The molecule has 2 aromatic carbocycles. The van der Waals surface area contributed by atoms with E-state index >= 15 is 0 Å². The second-order valence-electron chi connectivity index (χ2n) is 7.05. The first-order chi connectivity index (χ1) is 14.9. The van der Waals surface area contributed by atoms with Crippen LogP contribution in [0.15, 0.2) is 53.4 Å². The molecule has 0 aromatic heterocycles. The van der Waals surface area contributed by atoms with Crippen LogP contribution in [0, 0.1) is 5.82 Å². The Hall–Kier alpha value is -2.53. The number of sulfone groups is 1. The summed E-state index contributed by atoms with van der Waals surface area (Å²) in [5.41, 5.74) is 2.20. The van der Waals surface area contributed by atoms with Crippen molar-refractivity contribution in [2.45, 2.75) is 29.1 Å². The van der Waals surface area contributed by atoms with Gasteiger partial charge in [-0.2, -0.15) is 0 Å². The average molecular weight is 453 g/mol. The molecule has 168 valence electrons. The van der Waals surface area contributed by atoms with E-state index in [0.29, 0.717) is 11.3 Å². The van der Waals surface area contributed by atoms with Crippen LogP contribution < -0.4 is 10.2 Å². The molecule has 0 spiro atoms. The van der Waals surface area contributed by atoms with E-state index in [2.05, 4.69) is 0 Å². The zero-order chi connectivity index (χ0) is 22.3. The molecule has 1 amide bonds. The van der Waals surface area contributed by atoms with Gasteiger partial charge in [0.1, 0.15) is 18.2 Å². The highest BCUT2D eigenvalue weighted by molar-refractivity contribution is 7.93. The van der Waals surface area contributed by atoms with Gasteiger partial charge in [0.15, 0.2) is 14.6 Å². The lowest BCUT2D eigenvalue weighted by Gasteiger charge is -2.34. The van der Waals surface area contributed by atoms with Crippen molar-refractivity contribution in [1.29, 1.82) is 0 Å². The molecule has 0 radical (unpaired) electrons. The van der Waals surface area contributed by atoms with Gasteiger partial charge >= 0.3 is 0 Å². The van der Waals surface area contributed by atoms with Crippen LogP contribution in [-0.2, 0) is 30.7 Å². The number of carbonyl (C=O) groups excluding carboxylic acids is 1. The number of ether oxygens (including phenoxy) is 3. The summed E-state index contributed by atoms with van der Waals surface area (Å²) in [6.07, 6.45) is -0.106. The van der Waals surface area contributed by atoms with Gasteiger partial charge in [0.25, 0.3) is 5.91 Å². The fraction of sp³-hybridized carbons (Fsp3) is 0.381. The Morgan fingerprint density at radius 1 is 1.13 bits per heavy atom. The molecule has 8 nitrogen and oxygen atoms in total. The Bertz CT molecular complexity index is 989. The minimum Gasteiger partial charge on any atom is -0.491 e. The van der Waals surface area contributed by atoms with Gasteiger partial charge in [-0.25, -0.2) is 18.3 Å². The quantitative estimate of drug-likeness (QED) is 0.340. The molecular formula is C21H24FNO7S. The molecule has 1 heterocycles. The summed E-state index contributed by atoms with van der Waals surface area (Å²) in [6.45, 7) is 0.926. The van der Waals surface area contributed by atoms with Crippen molar-refractivity contribution in [2.75, 3.05) is 26.4 Å². The van der Waals surface area contributed by atoms with E-state index in [9.17, 15) is 17.6 Å². The predicted octanol–water partition coefficient (Wildman–Crippen LogP) is 2.25. The van der Waals surface area contributed by atoms with Crippen LogP contribution in [0.5, 0.6) is 5.75 Å². The van der Waals surface area contributed by atoms with E-state index in [0.717, 1.165) is 0 Å². The molecule has 1 fully saturated rings. The van der Waals surface area contributed by atoms with Gasteiger partial charge in [0, 0.05) is 13.2 Å². The lowest BCUT2D eigenvalue weighted by atomic mass is 9.98. The van der Waals surface area contributed by atoms with Gasteiger partial charge in [0.05, 0.1) is 18.1 Å². The van der Waals surface area contributed by atoms with E-state index in [1.165, 1.54) is 41.9 Å². The number of halogens is 1. The first kappa shape index (κ1) is 23.1. The lowest BCUT2D eigenvalue weighted by molar-refractivity contribution is -0.134. The standard InChI is InChI=1S/C21H24FNO7S/c22-17-3-1-2-16(14-17)15-29-12-13-30-18-4-6-19(7-5-18)31(26,27)21(20(24)23-25)8-10-28-11-9-21/h1-7,14,25H,8-13,15H2,(H,23,24). The normalized spacial score (nSPS) is 15.9. The SMILES string of the molecule is O=C(NO)C1(S(=O)(=O)c2ccc(OCCOCc3cccc(F)c3)cc2)CCOCC1. The average Bonchev–Trinajstić information content (AvgIpc) is 2.79. The summed E-state index contributed by atoms with van der Waals surface area (Å²) < 4.78 is 53.8. The largest absolute Gasteiger partial charge is 0.491 e. The molecule has 31 heavy (non-hydrogen) atoms. The van der Waals surface area contributed by atoms with Crippen LogP contribution in [0.1, 0.15) is 18.4 Å². The highest BCUT2D eigenvalue weighted by Gasteiger charge is 2.52. The maximum absolute atomic E-state index is 13.2. The number of nitrogens with one attached hydrogen (secondary N) is 1. The number of amides is 1. The Morgan fingerprint density at radius 3 is 2.48 bits per heavy atom. The number of carbonyl (C=O) groups is 1. The zero-order valence-electron chi connectivity index (χ0n) is 16.8. The monoisotopic (exact) mass is 453 g/mol. The predicted molar refractivity (Wildman–Crippen MR) is 108 cm³/mol. The van der Waals surface area contributed by atoms with Gasteiger partial charge in [-0.3, -0.25) is 10.0 Å². The second-order valence-corrected chi connectivity index (χ2v) is 9.31. The topological polar surface area (TPSA) is 111 Å². The number of rotatable bonds is 9. The molecule has 1 aliphatic rings. The van der Waals surface area contributed by atoms with Gasteiger partial charge in [0.2, 0.25) is 0 Å². The minimum atomic E-state index is -4.08. The van der Waals surface area contributed by atoms with E-state index in [1.807, 2.05) is 0 Å². The summed E-state index contributed by atoms with van der Waals surface area (Å²) in [5, 5.41) is 9.08. The maximum Gasteiger partial charge on any atom is 0.265 e. The zero-order valence-corrected chi connectivity index (χ0v) is 17.6. The fourth-order valence-corrected chi connectivity index (χ4v) is 5.34. The Labute approximate surface area is 179 Å². The summed E-state index contributed by atoms with van der Waals surface area (Å²) in [7, 11) is -4.08. The van der Waals surface area contributed by atoms with Crippen LogP contribution in [0.3, 0.4) is 0 Å². The third-order valence-electron chi connectivity index (χ3n) is 5.12. The molecular weight excluding hydrogens is 429 g/mol. The molecule has 1 saturated heterocycles. The molecule has 0 unspecified atom stereocenters. The Kier molecular flexibility index (Phi) is 7.60. The third kappa shape index (κ3) is 5.21. The number of hydrogen-bond donors (Lipinski definition) is 2. The van der Waals surface area contributed by atoms with E-state index in [1.54, 1.807) is 12.1 Å². The van der Waals surface area contributed by atoms with Gasteiger partial charge in [-0.05, 0) is 54.8 Å². The molecule has 1 aliphatic heterocycles. The molecule has 0 aliphatic carbocycles. The fourth-order valence-electron chi connectivity index (χ4n) is 3.40. The van der Waals surface area contributed by atoms with Crippen LogP contribution in [0.2, 0.25) is 0 Å². The molecule has 2 N–H and O–H groups in total. The first-order valence-corrected chi connectivity index (χ1v) is 11.2. The van der Waals surface area contributed by atoms with Gasteiger partial charge < -0.3 is 14.2 Å². The van der Waals surface area contributed by atoms with Crippen molar-refractivity contribution in [1.82, 2.24) is 5.48 Å². The number of benzene rings is 2. The van der Waals surface area contributed by atoms with E-state index < -0.39 is 20.5 Å². The van der Waals surface area contributed by atoms with Crippen LogP contribution in [0.25, 0.3) is 0 Å². The van der Waals surface area contributed by atoms with Crippen LogP contribution in [-0.4, -0.2) is 50.7 Å². The smallest absolute Gasteiger partial charge is 0.265 e. The highest BCUT2D eigenvalue weighted by atomic mass is 32.2. The van der Waals surface area contributed by atoms with Gasteiger partial charge in [-0.15, -0.1) is 0 Å². The second kappa shape index (κ2) is 10.2. The van der Waals surface area contributed by atoms with Crippen molar-refractivity contribution in [3.63, 3.8) is 0 Å². The van der Waals surface area contributed by atoms with Crippen molar-refractivity contribution >= 4 is 15.7 Å². The Morgan fingerprint density at radius 2 is 1.84 bits per heavy atom. The molecule has 0 saturated carbocycles.